The predicted molar refractivity (Wildman–Crippen MR) is 82.2 cm³/mol. The minimum Gasteiger partial charge on any atom is -0.376 e. The second kappa shape index (κ2) is 5.16. The van der Waals surface area contributed by atoms with E-state index in [1.807, 2.05) is 0 Å². The maximum absolute atomic E-state index is 5.66. The first-order chi connectivity index (χ1) is 9.60. The average molecular weight is 293 g/mol. The van der Waals surface area contributed by atoms with Crippen molar-refractivity contribution in [3.05, 3.63) is 10.9 Å². The van der Waals surface area contributed by atoms with Crippen LogP contribution in [0.15, 0.2) is 6.07 Å². The van der Waals surface area contributed by atoms with Crippen molar-refractivity contribution in [1.82, 2.24) is 9.97 Å². The van der Waals surface area contributed by atoms with Crippen LogP contribution in [0.25, 0.3) is 10.2 Å². The molecule has 1 saturated heterocycles. The smallest absolute Gasteiger partial charge is 0.240 e. The third-order valence-electron chi connectivity index (χ3n) is 3.79. The zero-order valence-electron chi connectivity index (χ0n) is 11.9. The minimum atomic E-state index is 0.207. The average Bonchev–Trinajstić information content (AvgIpc) is 3.01. The third-order valence-corrected chi connectivity index (χ3v) is 4.74. The first kappa shape index (κ1) is 13.5. The van der Waals surface area contributed by atoms with Crippen LogP contribution in [-0.4, -0.2) is 35.8 Å². The van der Waals surface area contributed by atoms with Gasteiger partial charge in [0.05, 0.1) is 17.5 Å². The highest BCUT2D eigenvalue weighted by molar-refractivity contribution is 7.18. The second-order valence-corrected chi connectivity index (χ2v) is 6.37. The maximum Gasteiger partial charge on any atom is 0.240 e. The molecule has 108 valence electrons. The molecule has 20 heavy (non-hydrogen) atoms. The molecule has 0 spiro atoms. The molecule has 3 rings (SSSR count). The van der Waals surface area contributed by atoms with Gasteiger partial charge in [-0.3, -0.25) is 5.43 Å². The van der Waals surface area contributed by atoms with E-state index in [9.17, 15) is 0 Å². The van der Waals surface area contributed by atoms with Gasteiger partial charge in [0.2, 0.25) is 5.95 Å². The van der Waals surface area contributed by atoms with Crippen molar-refractivity contribution >= 4 is 33.3 Å². The Morgan fingerprint density at radius 2 is 2.30 bits per heavy atom. The maximum atomic E-state index is 5.66. The van der Waals surface area contributed by atoms with Gasteiger partial charge in [0.1, 0.15) is 10.6 Å². The summed E-state index contributed by atoms with van der Waals surface area (Å²) >= 11 is 1.65. The van der Waals surface area contributed by atoms with Crippen molar-refractivity contribution < 1.29 is 4.74 Å². The largest absolute Gasteiger partial charge is 0.376 e. The molecule has 3 heterocycles. The van der Waals surface area contributed by atoms with Crippen molar-refractivity contribution in [3.63, 3.8) is 0 Å². The van der Waals surface area contributed by atoms with E-state index in [4.69, 9.17) is 10.6 Å². The molecule has 7 heteroatoms. The van der Waals surface area contributed by atoms with Gasteiger partial charge < -0.3 is 9.64 Å². The lowest BCUT2D eigenvalue weighted by atomic mass is 10.1. The Bertz CT molecular complexity index is 628. The van der Waals surface area contributed by atoms with Gasteiger partial charge in [-0.2, -0.15) is 4.98 Å². The number of rotatable bonds is 3. The highest BCUT2D eigenvalue weighted by Gasteiger charge is 2.30. The molecule has 2 aromatic rings. The quantitative estimate of drug-likeness (QED) is 0.665. The van der Waals surface area contributed by atoms with Crippen molar-refractivity contribution in [1.29, 1.82) is 0 Å². The fourth-order valence-electron chi connectivity index (χ4n) is 2.75. The lowest BCUT2D eigenvalue weighted by Gasteiger charge is -2.28. The number of ether oxygens (including phenoxy) is 1. The molecular weight excluding hydrogens is 274 g/mol. The van der Waals surface area contributed by atoms with Crippen LogP contribution in [0.1, 0.15) is 18.2 Å². The summed E-state index contributed by atoms with van der Waals surface area (Å²) in [7, 11) is 2.06. The van der Waals surface area contributed by atoms with Gasteiger partial charge in [0, 0.05) is 18.5 Å². The summed E-state index contributed by atoms with van der Waals surface area (Å²) in [5.74, 6) is 6.85. The monoisotopic (exact) mass is 293 g/mol. The van der Waals surface area contributed by atoms with E-state index in [0.29, 0.717) is 12.0 Å². The molecule has 2 aromatic heterocycles. The lowest BCUT2D eigenvalue weighted by molar-refractivity contribution is 0.118. The number of hydrogen-bond donors (Lipinski definition) is 2. The first-order valence-electron chi connectivity index (χ1n) is 6.69. The number of hydrazine groups is 1. The van der Waals surface area contributed by atoms with Crippen molar-refractivity contribution in [2.24, 2.45) is 5.84 Å². The first-order valence-corrected chi connectivity index (χ1v) is 7.51. The van der Waals surface area contributed by atoms with Crippen LogP contribution in [0, 0.1) is 6.92 Å². The van der Waals surface area contributed by atoms with Gasteiger partial charge in [0.25, 0.3) is 0 Å². The highest BCUT2D eigenvalue weighted by Crippen LogP contribution is 2.33. The number of aryl methyl sites for hydroxylation is 1. The summed E-state index contributed by atoms with van der Waals surface area (Å²) in [4.78, 5) is 13.3. The van der Waals surface area contributed by atoms with Crippen molar-refractivity contribution in [3.8, 4) is 0 Å². The number of nitrogens with one attached hydrogen (secondary N) is 1. The number of aromatic nitrogens is 2. The van der Waals surface area contributed by atoms with Crippen LogP contribution in [0.4, 0.5) is 11.8 Å². The Morgan fingerprint density at radius 3 is 2.95 bits per heavy atom. The molecule has 3 N–H and O–H groups in total. The van der Waals surface area contributed by atoms with Crippen LogP contribution in [0.2, 0.25) is 0 Å². The summed E-state index contributed by atoms with van der Waals surface area (Å²) in [5.41, 5.74) is 2.55. The summed E-state index contributed by atoms with van der Waals surface area (Å²) in [6.45, 7) is 4.98. The van der Waals surface area contributed by atoms with E-state index in [1.165, 1.54) is 4.88 Å². The van der Waals surface area contributed by atoms with E-state index in [0.717, 1.165) is 29.1 Å². The van der Waals surface area contributed by atoms with E-state index >= 15 is 0 Å². The Labute approximate surface area is 121 Å². The van der Waals surface area contributed by atoms with Gasteiger partial charge >= 0.3 is 0 Å². The summed E-state index contributed by atoms with van der Waals surface area (Å²) in [5, 5.41) is 1.08. The number of likely N-dealkylation sites (N-methyl/N-ethyl adjacent to an activating group) is 1. The summed E-state index contributed by atoms with van der Waals surface area (Å²) in [6.07, 6.45) is 1.22. The Balaban J connectivity index is 2.08. The molecule has 2 atom stereocenters. The lowest BCUT2D eigenvalue weighted by Crippen LogP contribution is -2.37. The second-order valence-electron chi connectivity index (χ2n) is 5.13. The molecule has 0 amide bonds. The summed E-state index contributed by atoms with van der Waals surface area (Å²) < 4.78 is 5.66. The molecule has 1 aliphatic heterocycles. The number of nitrogens with zero attached hydrogens (tertiary/aromatic N) is 3. The molecule has 2 unspecified atom stereocenters. The van der Waals surface area contributed by atoms with E-state index in [1.54, 1.807) is 11.3 Å². The molecule has 0 aliphatic carbocycles. The van der Waals surface area contributed by atoms with Crippen LogP contribution < -0.4 is 16.2 Å². The van der Waals surface area contributed by atoms with E-state index < -0.39 is 0 Å². The number of nitrogens with two attached hydrogens (primary N) is 1. The molecule has 0 bridgehead atoms. The molecule has 6 nitrogen and oxygen atoms in total. The number of thiophene rings is 1. The number of anilines is 2. The Morgan fingerprint density at radius 1 is 1.50 bits per heavy atom. The van der Waals surface area contributed by atoms with Gasteiger partial charge in [0.15, 0.2) is 0 Å². The van der Waals surface area contributed by atoms with Crippen LogP contribution in [0.3, 0.4) is 0 Å². The zero-order valence-corrected chi connectivity index (χ0v) is 12.7. The highest BCUT2D eigenvalue weighted by atomic mass is 32.1. The third kappa shape index (κ3) is 2.21. The van der Waals surface area contributed by atoms with Gasteiger partial charge in [-0.05, 0) is 26.3 Å². The number of nitrogen functional groups attached to an aromatic ring is 1. The Hall–Kier alpha value is -1.44. The molecule has 1 aliphatic rings. The van der Waals surface area contributed by atoms with Crippen LogP contribution in [0.5, 0.6) is 0 Å². The number of hydrogen-bond acceptors (Lipinski definition) is 7. The number of fused-ring (bicyclic) bond motifs is 1. The fourth-order valence-corrected chi connectivity index (χ4v) is 3.62. The Kier molecular flexibility index (Phi) is 3.49. The van der Waals surface area contributed by atoms with Gasteiger partial charge in [-0.1, -0.05) is 0 Å². The predicted octanol–water partition coefficient (Wildman–Crippen LogP) is 1.90. The molecule has 1 fully saturated rings. The van der Waals surface area contributed by atoms with Crippen LogP contribution >= 0.6 is 11.3 Å². The van der Waals surface area contributed by atoms with Crippen LogP contribution in [-0.2, 0) is 4.74 Å². The fraction of sp³-hybridized carbons (Fsp3) is 0.538. The van der Waals surface area contributed by atoms with E-state index in [-0.39, 0.29) is 6.10 Å². The molecule has 0 aromatic carbocycles. The van der Waals surface area contributed by atoms with Gasteiger partial charge in [-0.25, -0.2) is 10.8 Å². The van der Waals surface area contributed by atoms with Gasteiger partial charge in [-0.15, -0.1) is 11.3 Å². The van der Waals surface area contributed by atoms with Crippen molar-refractivity contribution in [2.75, 3.05) is 24.0 Å². The SMILES string of the molecule is Cc1cc2c(N(C)C3CCOC3C)nc(NN)nc2s1. The zero-order chi connectivity index (χ0) is 14.3. The topological polar surface area (TPSA) is 76.3 Å². The molecule has 0 saturated carbocycles. The standard InChI is InChI=1S/C13H19N5OS/c1-7-6-9-11(15-13(17-14)16-12(9)20-7)18(3)10-4-5-19-8(10)2/h6,8,10H,4-5,14H2,1-3H3,(H,15,16,17). The minimum absolute atomic E-state index is 0.207. The van der Waals surface area contributed by atoms with E-state index in [2.05, 4.69) is 47.3 Å². The molecular formula is C13H19N5OS. The normalized spacial score (nSPS) is 22.4. The molecule has 0 radical (unpaired) electrons. The summed E-state index contributed by atoms with van der Waals surface area (Å²) in [6, 6.07) is 2.46. The van der Waals surface area contributed by atoms with Crippen molar-refractivity contribution in [2.45, 2.75) is 32.4 Å².